The first-order chi connectivity index (χ1) is 10.2. The van der Waals surface area contributed by atoms with Crippen molar-refractivity contribution < 1.29 is 4.79 Å². The van der Waals surface area contributed by atoms with Crippen LogP contribution in [0.5, 0.6) is 0 Å². The summed E-state index contributed by atoms with van der Waals surface area (Å²) in [6.45, 7) is 5.13. The minimum absolute atomic E-state index is 0.0976. The number of piperazine rings is 1. The van der Waals surface area contributed by atoms with Crippen LogP contribution in [0.3, 0.4) is 0 Å². The molecular weight excluding hydrogens is 266 g/mol. The summed E-state index contributed by atoms with van der Waals surface area (Å²) in [4.78, 5) is 24.8. The summed E-state index contributed by atoms with van der Waals surface area (Å²) in [5.74, 6) is 0.957. The highest BCUT2D eigenvalue weighted by atomic mass is 16.2. The molecular formula is C15H23N5O. The van der Waals surface area contributed by atoms with Crippen molar-refractivity contribution in [3.05, 3.63) is 18.1 Å². The van der Waals surface area contributed by atoms with Crippen LogP contribution in [0.25, 0.3) is 0 Å². The number of urea groups is 1. The lowest BCUT2D eigenvalue weighted by atomic mass is 10.2. The molecule has 0 spiro atoms. The fraction of sp³-hybridized carbons (Fsp3) is 0.667. The van der Waals surface area contributed by atoms with E-state index < -0.39 is 0 Å². The lowest BCUT2D eigenvalue weighted by Gasteiger charge is -2.35. The van der Waals surface area contributed by atoms with Crippen LogP contribution in [0.4, 0.5) is 10.6 Å². The van der Waals surface area contributed by atoms with Gasteiger partial charge in [-0.15, -0.1) is 0 Å². The molecule has 0 bridgehead atoms. The number of nitrogens with zero attached hydrogens (tertiary/aromatic N) is 4. The highest BCUT2D eigenvalue weighted by Gasteiger charge is 2.24. The number of hydrogen-bond acceptors (Lipinski definition) is 4. The van der Waals surface area contributed by atoms with Crippen LogP contribution in [-0.2, 0) is 0 Å². The number of carbonyl (C=O) groups is 1. The molecule has 1 N–H and O–H groups in total. The molecule has 21 heavy (non-hydrogen) atoms. The van der Waals surface area contributed by atoms with E-state index in [9.17, 15) is 4.79 Å². The summed E-state index contributed by atoms with van der Waals surface area (Å²) >= 11 is 0. The van der Waals surface area contributed by atoms with Gasteiger partial charge < -0.3 is 15.1 Å². The lowest BCUT2D eigenvalue weighted by Crippen LogP contribution is -2.53. The minimum atomic E-state index is 0.0976. The molecule has 1 aliphatic carbocycles. The van der Waals surface area contributed by atoms with Crippen molar-refractivity contribution in [3.8, 4) is 0 Å². The van der Waals surface area contributed by atoms with Gasteiger partial charge >= 0.3 is 6.03 Å². The Kier molecular flexibility index (Phi) is 4.22. The molecule has 6 nitrogen and oxygen atoms in total. The number of aryl methyl sites for hydroxylation is 1. The SMILES string of the molecule is Cc1cc(N2CCN(C(=O)NC3CCCC3)CC2)ncn1. The second-order valence-corrected chi connectivity index (χ2v) is 5.92. The Labute approximate surface area is 125 Å². The predicted molar refractivity (Wildman–Crippen MR) is 81.3 cm³/mol. The summed E-state index contributed by atoms with van der Waals surface area (Å²) < 4.78 is 0. The molecule has 1 saturated heterocycles. The molecule has 0 aromatic carbocycles. The summed E-state index contributed by atoms with van der Waals surface area (Å²) in [6.07, 6.45) is 6.35. The average Bonchev–Trinajstić information content (AvgIpc) is 3.00. The third kappa shape index (κ3) is 3.43. The highest BCUT2D eigenvalue weighted by molar-refractivity contribution is 5.75. The third-order valence-electron chi connectivity index (χ3n) is 4.36. The molecule has 1 aliphatic heterocycles. The molecule has 2 aliphatic rings. The van der Waals surface area contributed by atoms with E-state index in [2.05, 4.69) is 20.2 Å². The van der Waals surface area contributed by atoms with Gasteiger partial charge in [-0.2, -0.15) is 0 Å². The largest absolute Gasteiger partial charge is 0.353 e. The molecule has 1 aromatic heterocycles. The third-order valence-corrected chi connectivity index (χ3v) is 4.36. The predicted octanol–water partition coefficient (Wildman–Crippen LogP) is 1.56. The van der Waals surface area contributed by atoms with Crippen LogP contribution in [0.15, 0.2) is 12.4 Å². The van der Waals surface area contributed by atoms with Crippen molar-refractivity contribution in [1.82, 2.24) is 20.2 Å². The minimum Gasteiger partial charge on any atom is -0.353 e. The number of carbonyl (C=O) groups excluding carboxylic acids is 1. The Balaban J connectivity index is 1.51. The van der Waals surface area contributed by atoms with E-state index >= 15 is 0 Å². The number of aromatic nitrogens is 2. The molecule has 6 heteroatoms. The van der Waals surface area contributed by atoms with Crippen molar-refractivity contribution in [1.29, 1.82) is 0 Å². The Hall–Kier alpha value is -1.85. The second-order valence-electron chi connectivity index (χ2n) is 5.92. The lowest BCUT2D eigenvalue weighted by molar-refractivity contribution is 0.190. The van der Waals surface area contributed by atoms with E-state index in [1.165, 1.54) is 12.8 Å². The van der Waals surface area contributed by atoms with Crippen molar-refractivity contribution in [3.63, 3.8) is 0 Å². The second kappa shape index (κ2) is 6.28. The van der Waals surface area contributed by atoms with Gasteiger partial charge in [0, 0.05) is 44.0 Å². The van der Waals surface area contributed by atoms with Gasteiger partial charge in [0.05, 0.1) is 0 Å². The van der Waals surface area contributed by atoms with Gasteiger partial charge in [-0.05, 0) is 19.8 Å². The number of hydrogen-bond donors (Lipinski definition) is 1. The molecule has 3 rings (SSSR count). The zero-order valence-corrected chi connectivity index (χ0v) is 12.6. The summed E-state index contributed by atoms with van der Waals surface area (Å²) in [5.41, 5.74) is 0.974. The van der Waals surface area contributed by atoms with Crippen molar-refractivity contribution in [2.24, 2.45) is 0 Å². The fourth-order valence-corrected chi connectivity index (χ4v) is 3.09. The van der Waals surface area contributed by atoms with E-state index in [1.54, 1.807) is 6.33 Å². The first-order valence-electron chi connectivity index (χ1n) is 7.81. The molecule has 0 atom stereocenters. The Morgan fingerprint density at radius 2 is 1.90 bits per heavy atom. The van der Waals surface area contributed by atoms with E-state index in [-0.39, 0.29) is 6.03 Å². The molecule has 0 radical (unpaired) electrons. The van der Waals surface area contributed by atoms with E-state index in [4.69, 9.17) is 0 Å². The monoisotopic (exact) mass is 289 g/mol. The van der Waals surface area contributed by atoms with Crippen LogP contribution in [0, 0.1) is 6.92 Å². The fourth-order valence-electron chi connectivity index (χ4n) is 3.09. The number of rotatable bonds is 2. The molecule has 114 valence electrons. The quantitative estimate of drug-likeness (QED) is 0.897. The van der Waals surface area contributed by atoms with Gasteiger partial charge in [0.25, 0.3) is 0 Å². The van der Waals surface area contributed by atoms with Crippen LogP contribution in [0.2, 0.25) is 0 Å². The molecule has 2 amide bonds. The summed E-state index contributed by atoms with van der Waals surface area (Å²) in [6, 6.07) is 2.48. The van der Waals surface area contributed by atoms with Crippen LogP contribution in [0.1, 0.15) is 31.4 Å². The summed E-state index contributed by atoms with van der Waals surface area (Å²) in [7, 11) is 0. The van der Waals surface area contributed by atoms with Gasteiger partial charge in [-0.25, -0.2) is 14.8 Å². The normalized spacial score (nSPS) is 19.9. The van der Waals surface area contributed by atoms with Gasteiger partial charge in [0.1, 0.15) is 12.1 Å². The first kappa shape index (κ1) is 14.1. The van der Waals surface area contributed by atoms with E-state index in [0.717, 1.165) is 50.5 Å². The topological polar surface area (TPSA) is 61.4 Å². The molecule has 2 heterocycles. The van der Waals surface area contributed by atoms with Gasteiger partial charge in [0.15, 0.2) is 0 Å². The molecule has 1 saturated carbocycles. The average molecular weight is 289 g/mol. The Morgan fingerprint density at radius 1 is 1.19 bits per heavy atom. The maximum atomic E-state index is 12.2. The number of amides is 2. The Bertz CT molecular complexity index is 493. The summed E-state index contributed by atoms with van der Waals surface area (Å²) in [5, 5.41) is 3.16. The standard InChI is InChI=1S/C15H23N5O/c1-12-10-14(17-11-16-12)19-6-8-20(9-7-19)15(21)18-13-4-2-3-5-13/h10-11,13H,2-9H2,1H3,(H,18,21). The molecule has 1 aromatic rings. The van der Waals surface area contributed by atoms with Gasteiger partial charge in [0.2, 0.25) is 0 Å². The zero-order valence-electron chi connectivity index (χ0n) is 12.6. The zero-order chi connectivity index (χ0) is 14.7. The van der Waals surface area contributed by atoms with Crippen LogP contribution in [-0.4, -0.2) is 53.1 Å². The maximum absolute atomic E-state index is 12.2. The number of anilines is 1. The van der Waals surface area contributed by atoms with Gasteiger partial charge in [-0.3, -0.25) is 0 Å². The van der Waals surface area contributed by atoms with Gasteiger partial charge in [-0.1, -0.05) is 12.8 Å². The van der Waals surface area contributed by atoms with Crippen LogP contribution >= 0.6 is 0 Å². The molecule has 0 unspecified atom stereocenters. The van der Waals surface area contributed by atoms with E-state index in [0.29, 0.717) is 6.04 Å². The molecule has 2 fully saturated rings. The Morgan fingerprint density at radius 3 is 2.57 bits per heavy atom. The van der Waals surface area contributed by atoms with Crippen molar-refractivity contribution in [2.75, 3.05) is 31.1 Å². The maximum Gasteiger partial charge on any atom is 0.317 e. The van der Waals surface area contributed by atoms with Crippen molar-refractivity contribution >= 4 is 11.8 Å². The number of nitrogens with one attached hydrogen (secondary N) is 1. The van der Waals surface area contributed by atoms with Crippen molar-refractivity contribution in [2.45, 2.75) is 38.6 Å². The first-order valence-corrected chi connectivity index (χ1v) is 7.81. The smallest absolute Gasteiger partial charge is 0.317 e. The van der Waals surface area contributed by atoms with E-state index in [1.807, 2.05) is 17.9 Å². The highest BCUT2D eigenvalue weighted by Crippen LogP contribution is 2.18. The van der Waals surface area contributed by atoms with Crippen LogP contribution < -0.4 is 10.2 Å².